The van der Waals surface area contributed by atoms with E-state index in [9.17, 15) is 0 Å². The quantitative estimate of drug-likeness (QED) is 0.720. The molecule has 0 aliphatic rings. The van der Waals surface area contributed by atoms with Gasteiger partial charge in [0.15, 0.2) is 0 Å². The summed E-state index contributed by atoms with van der Waals surface area (Å²) in [5.41, 5.74) is 2.69. The first-order chi connectivity index (χ1) is 8.27. The fraction of sp³-hybridized carbons (Fsp3) is 0.571. The van der Waals surface area contributed by atoms with E-state index in [1.807, 2.05) is 18.8 Å². The number of methoxy groups -OCH3 is 1. The second-order valence-corrected chi connectivity index (χ2v) is 5.32. The van der Waals surface area contributed by atoms with Crippen LogP contribution in [0, 0.1) is 6.92 Å². The van der Waals surface area contributed by atoms with Crippen molar-refractivity contribution in [3.8, 4) is 0 Å². The maximum atomic E-state index is 5.04. The summed E-state index contributed by atoms with van der Waals surface area (Å²) in [6, 6.07) is 9.23. The van der Waals surface area contributed by atoms with Gasteiger partial charge in [-0.15, -0.1) is 0 Å². The molecule has 1 atom stereocenters. The molecular formula is C14H23NOS. The summed E-state index contributed by atoms with van der Waals surface area (Å²) in [5.74, 6) is 2.28. The van der Waals surface area contributed by atoms with E-state index in [1.165, 1.54) is 11.1 Å². The molecule has 17 heavy (non-hydrogen) atoms. The van der Waals surface area contributed by atoms with Gasteiger partial charge in [0.25, 0.3) is 0 Å². The Bertz CT molecular complexity index is 300. The van der Waals surface area contributed by atoms with Crippen molar-refractivity contribution in [1.82, 2.24) is 5.32 Å². The molecule has 0 heterocycles. The number of rotatable bonds is 8. The highest BCUT2D eigenvalue weighted by atomic mass is 32.2. The number of ether oxygens (including phenoxy) is 1. The van der Waals surface area contributed by atoms with Gasteiger partial charge in [0.1, 0.15) is 0 Å². The van der Waals surface area contributed by atoms with Gasteiger partial charge >= 0.3 is 0 Å². The Morgan fingerprint density at radius 1 is 1.29 bits per heavy atom. The zero-order valence-corrected chi connectivity index (χ0v) is 11.8. The minimum absolute atomic E-state index is 0.447. The molecule has 0 bridgehead atoms. The number of hydrogen-bond acceptors (Lipinski definition) is 3. The van der Waals surface area contributed by atoms with Gasteiger partial charge in [0.2, 0.25) is 0 Å². The van der Waals surface area contributed by atoms with Gasteiger partial charge in [0.05, 0.1) is 0 Å². The van der Waals surface area contributed by atoms with Crippen LogP contribution in [0.25, 0.3) is 0 Å². The molecule has 1 unspecified atom stereocenters. The van der Waals surface area contributed by atoms with Gasteiger partial charge in [-0.3, -0.25) is 0 Å². The topological polar surface area (TPSA) is 21.3 Å². The molecule has 3 heteroatoms. The summed E-state index contributed by atoms with van der Waals surface area (Å²) < 4.78 is 5.04. The van der Waals surface area contributed by atoms with E-state index in [-0.39, 0.29) is 0 Å². The van der Waals surface area contributed by atoms with Crippen LogP contribution in [0.1, 0.15) is 23.6 Å². The van der Waals surface area contributed by atoms with E-state index < -0.39 is 0 Å². The molecule has 0 saturated heterocycles. The zero-order valence-electron chi connectivity index (χ0n) is 11.0. The number of aryl methyl sites for hydroxylation is 1. The van der Waals surface area contributed by atoms with E-state index >= 15 is 0 Å². The Balaban J connectivity index is 2.35. The highest BCUT2D eigenvalue weighted by Crippen LogP contribution is 2.19. The molecule has 0 amide bonds. The molecule has 0 aromatic heterocycles. The fourth-order valence-corrected chi connectivity index (χ4v) is 2.73. The van der Waals surface area contributed by atoms with Crippen molar-refractivity contribution in [2.45, 2.75) is 19.4 Å². The van der Waals surface area contributed by atoms with Crippen molar-refractivity contribution in [3.63, 3.8) is 0 Å². The van der Waals surface area contributed by atoms with Crippen LogP contribution in [0.4, 0.5) is 0 Å². The number of thioether (sulfide) groups is 1. The Labute approximate surface area is 109 Å². The second kappa shape index (κ2) is 8.56. The van der Waals surface area contributed by atoms with Gasteiger partial charge in [-0.1, -0.05) is 29.8 Å². The van der Waals surface area contributed by atoms with E-state index in [0.29, 0.717) is 6.04 Å². The first kappa shape index (κ1) is 14.6. The molecule has 1 rings (SSSR count). The number of hydrogen-bond donors (Lipinski definition) is 1. The highest BCUT2D eigenvalue weighted by molar-refractivity contribution is 7.99. The minimum Gasteiger partial charge on any atom is -0.385 e. The molecule has 1 aromatic rings. The van der Waals surface area contributed by atoms with Crippen molar-refractivity contribution < 1.29 is 4.74 Å². The normalized spacial score (nSPS) is 12.6. The monoisotopic (exact) mass is 253 g/mol. The average molecular weight is 253 g/mol. The molecule has 1 aromatic carbocycles. The second-order valence-electron chi connectivity index (χ2n) is 4.17. The van der Waals surface area contributed by atoms with Crippen LogP contribution in [-0.2, 0) is 4.74 Å². The predicted molar refractivity (Wildman–Crippen MR) is 76.8 cm³/mol. The first-order valence-electron chi connectivity index (χ1n) is 6.08. The molecule has 0 saturated carbocycles. The maximum Gasteiger partial charge on any atom is 0.0470 e. The number of benzene rings is 1. The highest BCUT2D eigenvalue weighted by Gasteiger charge is 2.08. The SMILES string of the molecule is CNC(CSCCCOC)c1ccc(C)cc1. The largest absolute Gasteiger partial charge is 0.385 e. The lowest BCUT2D eigenvalue weighted by Crippen LogP contribution is -2.18. The standard InChI is InChI=1S/C14H23NOS/c1-12-5-7-13(8-6-12)14(15-2)11-17-10-4-9-16-3/h5-8,14-15H,4,9-11H2,1-3H3. The van der Waals surface area contributed by atoms with Crippen LogP contribution in [-0.4, -0.2) is 32.3 Å². The van der Waals surface area contributed by atoms with Crippen molar-refractivity contribution in [1.29, 1.82) is 0 Å². The first-order valence-corrected chi connectivity index (χ1v) is 7.24. The molecule has 1 N–H and O–H groups in total. The van der Waals surface area contributed by atoms with Crippen molar-refractivity contribution in [2.75, 3.05) is 32.3 Å². The molecule has 96 valence electrons. The number of nitrogens with one attached hydrogen (secondary N) is 1. The van der Waals surface area contributed by atoms with Gasteiger partial charge in [-0.05, 0) is 31.7 Å². The molecule has 0 radical (unpaired) electrons. The van der Waals surface area contributed by atoms with Crippen LogP contribution in [0.5, 0.6) is 0 Å². The summed E-state index contributed by atoms with van der Waals surface area (Å²) in [7, 11) is 3.79. The fourth-order valence-electron chi connectivity index (χ4n) is 1.65. The molecular weight excluding hydrogens is 230 g/mol. The van der Waals surface area contributed by atoms with E-state index in [1.54, 1.807) is 7.11 Å². The summed E-state index contributed by atoms with van der Waals surface area (Å²) in [6.45, 7) is 2.99. The molecule has 0 aliphatic heterocycles. The predicted octanol–water partition coefficient (Wildman–Crippen LogP) is 3.03. The summed E-state index contributed by atoms with van der Waals surface area (Å²) in [6.07, 6.45) is 1.13. The van der Waals surface area contributed by atoms with Crippen LogP contribution in [0.15, 0.2) is 24.3 Å². The molecule has 2 nitrogen and oxygen atoms in total. The van der Waals surface area contributed by atoms with Gasteiger partial charge < -0.3 is 10.1 Å². The third-order valence-electron chi connectivity index (χ3n) is 2.75. The smallest absolute Gasteiger partial charge is 0.0470 e. The Morgan fingerprint density at radius 2 is 2.00 bits per heavy atom. The summed E-state index contributed by atoms with van der Waals surface area (Å²) in [4.78, 5) is 0. The van der Waals surface area contributed by atoms with Gasteiger partial charge in [0, 0.05) is 25.5 Å². The van der Waals surface area contributed by atoms with Crippen molar-refractivity contribution in [3.05, 3.63) is 35.4 Å². The van der Waals surface area contributed by atoms with Crippen molar-refractivity contribution >= 4 is 11.8 Å². The van der Waals surface area contributed by atoms with E-state index in [4.69, 9.17) is 4.74 Å². The summed E-state index contributed by atoms with van der Waals surface area (Å²) in [5, 5.41) is 3.38. The van der Waals surface area contributed by atoms with Crippen LogP contribution in [0.3, 0.4) is 0 Å². The van der Waals surface area contributed by atoms with Crippen LogP contribution in [0.2, 0.25) is 0 Å². The van der Waals surface area contributed by atoms with Crippen LogP contribution >= 0.6 is 11.8 Å². The lowest BCUT2D eigenvalue weighted by atomic mass is 10.1. The zero-order chi connectivity index (χ0) is 12.5. The maximum absolute atomic E-state index is 5.04. The summed E-state index contributed by atoms with van der Waals surface area (Å²) >= 11 is 1.98. The lowest BCUT2D eigenvalue weighted by molar-refractivity contribution is 0.200. The Morgan fingerprint density at radius 3 is 2.59 bits per heavy atom. The van der Waals surface area contributed by atoms with E-state index in [0.717, 1.165) is 24.5 Å². The van der Waals surface area contributed by atoms with Gasteiger partial charge in [-0.2, -0.15) is 11.8 Å². The molecule has 0 spiro atoms. The molecule has 0 fully saturated rings. The van der Waals surface area contributed by atoms with Crippen LogP contribution < -0.4 is 5.32 Å². The minimum atomic E-state index is 0.447. The molecule has 0 aliphatic carbocycles. The average Bonchev–Trinajstić information content (AvgIpc) is 2.35. The van der Waals surface area contributed by atoms with E-state index in [2.05, 4.69) is 36.5 Å². The Kier molecular flexibility index (Phi) is 7.33. The van der Waals surface area contributed by atoms with Crippen molar-refractivity contribution in [2.24, 2.45) is 0 Å². The third kappa shape index (κ3) is 5.57. The third-order valence-corrected chi connectivity index (χ3v) is 3.90. The lowest BCUT2D eigenvalue weighted by Gasteiger charge is -2.16. The van der Waals surface area contributed by atoms with Gasteiger partial charge in [-0.25, -0.2) is 0 Å². The Hall–Kier alpha value is -0.510.